The number of nitrogens with zero attached hydrogens (tertiary/aromatic N) is 2. The number of nitrogens with one attached hydrogen (secondary N) is 1. The van der Waals surface area contributed by atoms with Crippen LogP contribution in [-0.4, -0.2) is 40.0 Å². The van der Waals surface area contributed by atoms with Gasteiger partial charge in [0.1, 0.15) is 5.82 Å². The lowest BCUT2D eigenvalue weighted by atomic mass is 9.93. The van der Waals surface area contributed by atoms with Gasteiger partial charge in [0.15, 0.2) is 0 Å². The highest BCUT2D eigenvalue weighted by atomic mass is 16.5. The number of carbonyl (C=O) groups is 1. The minimum absolute atomic E-state index is 0.00332. The van der Waals surface area contributed by atoms with Crippen molar-refractivity contribution < 1.29 is 9.53 Å². The molecule has 6 heteroatoms. The van der Waals surface area contributed by atoms with Gasteiger partial charge in [0.25, 0.3) is 5.56 Å². The molecule has 2 aliphatic rings. The van der Waals surface area contributed by atoms with Crippen LogP contribution in [0.25, 0.3) is 10.9 Å². The molecule has 142 valence electrons. The number of allylic oxidation sites excluding steroid dienone is 2. The van der Waals surface area contributed by atoms with E-state index in [0.29, 0.717) is 29.8 Å². The Hall–Kier alpha value is -2.47. The monoisotopic (exact) mass is 367 g/mol. The molecule has 2 atom stereocenters. The van der Waals surface area contributed by atoms with Crippen LogP contribution >= 0.6 is 0 Å². The van der Waals surface area contributed by atoms with Gasteiger partial charge in [-0.1, -0.05) is 24.3 Å². The molecule has 2 aromatic rings. The molecule has 1 aromatic carbocycles. The van der Waals surface area contributed by atoms with Gasteiger partial charge in [-0.2, -0.15) is 0 Å². The number of rotatable bonds is 5. The largest absolute Gasteiger partial charge is 0.376 e. The molecule has 1 aliphatic heterocycles. The highest BCUT2D eigenvalue weighted by molar-refractivity contribution is 5.79. The maximum atomic E-state index is 13.2. The van der Waals surface area contributed by atoms with Gasteiger partial charge in [-0.15, -0.1) is 0 Å². The Morgan fingerprint density at radius 3 is 2.93 bits per heavy atom. The zero-order valence-corrected chi connectivity index (χ0v) is 15.4. The summed E-state index contributed by atoms with van der Waals surface area (Å²) in [5.74, 6) is 0.658. The maximum Gasteiger partial charge on any atom is 0.258 e. The molecule has 2 heterocycles. The molecule has 6 nitrogen and oxygen atoms in total. The highest BCUT2D eigenvalue weighted by Crippen LogP contribution is 2.23. The van der Waals surface area contributed by atoms with Gasteiger partial charge in [0, 0.05) is 19.1 Å². The molecule has 1 saturated heterocycles. The lowest BCUT2D eigenvalue weighted by molar-refractivity contribution is -0.138. The molecule has 0 saturated carbocycles. The van der Waals surface area contributed by atoms with E-state index in [0.717, 1.165) is 38.7 Å². The van der Waals surface area contributed by atoms with Crippen LogP contribution in [0.2, 0.25) is 0 Å². The van der Waals surface area contributed by atoms with E-state index in [1.807, 2.05) is 23.1 Å². The Bertz CT molecular complexity index is 899. The number of amides is 1. The second-order valence-corrected chi connectivity index (χ2v) is 7.36. The molecule has 1 N–H and O–H groups in total. The summed E-state index contributed by atoms with van der Waals surface area (Å²) in [5.41, 5.74) is 0.488. The van der Waals surface area contributed by atoms with Crippen LogP contribution in [0, 0.1) is 5.92 Å². The SMILES string of the molecule is O=C([C@H]1CC=CCC1)N(Cc1nc2ccccc2c(=O)[nH]1)C[C@H]1CCCO1. The fraction of sp³-hybridized carbons (Fsp3) is 0.476. The predicted molar refractivity (Wildman–Crippen MR) is 103 cm³/mol. The van der Waals surface area contributed by atoms with E-state index in [9.17, 15) is 9.59 Å². The highest BCUT2D eigenvalue weighted by Gasteiger charge is 2.28. The van der Waals surface area contributed by atoms with Crippen molar-refractivity contribution in [2.75, 3.05) is 13.2 Å². The van der Waals surface area contributed by atoms with E-state index >= 15 is 0 Å². The predicted octanol–water partition coefficient (Wildman–Crippen LogP) is 2.79. The Balaban J connectivity index is 1.58. The number of para-hydroxylation sites is 1. The minimum Gasteiger partial charge on any atom is -0.376 e. The fourth-order valence-electron chi connectivity index (χ4n) is 3.93. The molecular formula is C21H25N3O3. The molecule has 0 radical (unpaired) electrons. The van der Waals surface area contributed by atoms with E-state index in [4.69, 9.17) is 4.74 Å². The Kier molecular flexibility index (Phi) is 5.34. The summed E-state index contributed by atoms with van der Waals surface area (Å²) >= 11 is 0. The van der Waals surface area contributed by atoms with Gasteiger partial charge in [0.2, 0.25) is 5.91 Å². The molecule has 27 heavy (non-hydrogen) atoms. The summed E-state index contributed by atoms with van der Waals surface area (Å²) < 4.78 is 5.75. The topological polar surface area (TPSA) is 75.3 Å². The summed E-state index contributed by atoms with van der Waals surface area (Å²) in [4.78, 5) is 34.8. The van der Waals surface area contributed by atoms with Crippen molar-refractivity contribution in [2.24, 2.45) is 5.92 Å². The number of hydrogen-bond donors (Lipinski definition) is 1. The third kappa shape index (κ3) is 4.11. The summed E-state index contributed by atoms with van der Waals surface area (Å²) in [6.45, 7) is 1.61. The van der Waals surface area contributed by atoms with Crippen LogP contribution in [-0.2, 0) is 16.1 Å². The van der Waals surface area contributed by atoms with Crippen molar-refractivity contribution in [1.82, 2.24) is 14.9 Å². The van der Waals surface area contributed by atoms with Gasteiger partial charge in [-0.3, -0.25) is 9.59 Å². The van der Waals surface area contributed by atoms with Gasteiger partial charge in [-0.25, -0.2) is 4.98 Å². The van der Waals surface area contributed by atoms with E-state index in [1.54, 1.807) is 6.07 Å². The Labute approximate surface area is 158 Å². The molecule has 1 amide bonds. The number of carbonyl (C=O) groups excluding carboxylic acids is 1. The number of fused-ring (bicyclic) bond motifs is 1. The second-order valence-electron chi connectivity index (χ2n) is 7.36. The number of benzene rings is 1. The summed E-state index contributed by atoms with van der Waals surface area (Å²) in [5, 5.41) is 0.565. The van der Waals surface area contributed by atoms with Crippen molar-refractivity contribution in [3.05, 3.63) is 52.6 Å². The molecule has 0 spiro atoms. The van der Waals surface area contributed by atoms with Gasteiger partial charge < -0.3 is 14.6 Å². The number of H-pyrrole nitrogens is 1. The standard InChI is InChI=1S/C21H25N3O3/c25-20-17-10-4-5-11-18(17)22-19(23-20)14-24(13-16-9-6-12-27-16)21(26)15-7-2-1-3-8-15/h1-2,4-5,10-11,15-16H,3,6-9,12-14H2,(H,22,23,25)/t15-,16+/m0/s1. The fourth-order valence-corrected chi connectivity index (χ4v) is 3.93. The first-order valence-corrected chi connectivity index (χ1v) is 9.74. The van der Waals surface area contributed by atoms with E-state index in [1.165, 1.54) is 0 Å². The van der Waals surface area contributed by atoms with E-state index in [-0.39, 0.29) is 23.5 Å². The van der Waals surface area contributed by atoms with Crippen molar-refractivity contribution in [3.8, 4) is 0 Å². The van der Waals surface area contributed by atoms with Crippen molar-refractivity contribution in [3.63, 3.8) is 0 Å². The van der Waals surface area contributed by atoms with Crippen molar-refractivity contribution in [1.29, 1.82) is 0 Å². The molecule has 4 rings (SSSR count). The van der Waals surface area contributed by atoms with Crippen LogP contribution in [0.1, 0.15) is 37.9 Å². The quantitative estimate of drug-likeness (QED) is 0.825. The Morgan fingerprint density at radius 1 is 1.26 bits per heavy atom. The third-order valence-corrected chi connectivity index (χ3v) is 5.38. The normalized spacial score (nSPS) is 22.2. The van der Waals surface area contributed by atoms with Crippen LogP contribution in [0.3, 0.4) is 0 Å². The lowest BCUT2D eigenvalue weighted by Gasteiger charge is -2.29. The third-order valence-electron chi connectivity index (χ3n) is 5.38. The first-order chi connectivity index (χ1) is 13.2. The molecule has 1 fully saturated rings. The van der Waals surface area contributed by atoms with Crippen LogP contribution in [0.4, 0.5) is 0 Å². The molecule has 1 aromatic heterocycles. The maximum absolute atomic E-state index is 13.2. The van der Waals surface area contributed by atoms with Gasteiger partial charge in [0.05, 0.1) is 23.6 Å². The number of hydrogen-bond acceptors (Lipinski definition) is 4. The van der Waals surface area contributed by atoms with E-state index in [2.05, 4.69) is 22.1 Å². The smallest absolute Gasteiger partial charge is 0.258 e. The number of aromatic nitrogens is 2. The zero-order valence-electron chi connectivity index (χ0n) is 15.4. The molecule has 1 aliphatic carbocycles. The minimum atomic E-state index is -0.166. The second kappa shape index (κ2) is 8.05. The first-order valence-electron chi connectivity index (χ1n) is 9.74. The van der Waals surface area contributed by atoms with Crippen LogP contribution in [0.5, 0.6) is 0 Å². The van der Waals surface area contributed by atoms with E-state index < -0.39 is 0 Å². The molecule has 0 unspecified atom stereocenters. The first kappa shape index (κ1) is 17.9. The van der Waals surface area contributed by atoms with Crippen molar-refractivity contribution >= 4 is 16.8 Å². The van der Waals surface area contributed by atoms with Gasteiger partial charge >= 0.3 is 0 Å². The average Bonchev–Trinajstić information content (AvgIpc) is 3.21. The summed E-state index contributed by atoms with van der Waals surface area (Å²) in [6, 6.07) is 7.27. The average molecular weight is 367 g/mol. The van der Waals surface area contributed by atoms with Crippen LogP contribution in [0.15, 0.2) is 41.2 Å². The number of aromatic amines is 1. The van der Waals surface area contributed by atoms with Crippen LogP contribution < -0.4 is 5.56 Å². The molecular weight excluding hydrogens is 342 g/mol. The summed E-state index contributed by atoms with van der Waals surface area (Å²) in [6.07, 6.45) is 8.89. The van der Waals surface area contributed by atoms with Crippen molar-refractivity contribution in [2.45, 2.75) is 44.8 Å². The van der Waals surface area contributed by atoms with Gasteiger partial charge in [-0.05, 0) is 44.2 Å². The summed E-state index contributed by atoms with van der Waals surface area (Å²) in [7, 11) is 0. The number of ether oxygens (including phenoxy) is 1. The lowest BCUT2D eigenvalue weighted by Crippen LogP contribution is -2.41. The molecule has 0 bridgehead atoms. The zero-order chi connectivity index (χ0) is 18.6. The Morgan fingerprint density at radius 2 is 2.15 bits per heavy atom.